The normalized spacial score (nSPS) is 22.3. The number of carbonyl (C=O) groups excluding carboxylic acids is 13. The molecule has 640 valence electrons. The lowest BCUT2D eigenvalue weighted by Crippen LogP contribution is -2.58. The molecule has 0 aliphatic carbocycles. The van der Waals surface area contributed by atoms with Crippen molar-refractivity contribution >= 4 is 123 Å². The molecule has 5 heterocycles. The fraction of sp³-hybridized carbons (Fsp3) is 0.461. The molecule has 2 saturated heterocycles. The van der Waals surface area contributed by atoms with Crippen LogP contribution in [0.15, 0.2) is 123 Å². The molecule has 4 unspecified atom stereocenters. The highest BCUT2D eigenvalue weighted by Crippen LogP contribution is 2.18. The number of hydrazone groups is 1. The molecule has 0 spiro atoms. The Labute approximate surface area is 683 Å². The minimum Gasteiger partial charge on any atom is -0.481 e. The largest absolute Gasteiger partial charge is 0.481 e. The number of pyridine rings is 1. The molecule has 23 N–H and O–H groups in total. The molecule has 42 nitrogen and oxygen atoms in total. The monoisotopic (exact) mass is 1670 g/mol. The summed E-state index contributed by atoms with van der Waals surface area (Å²) in [5.74, 6) is -14.0. The van der Waals surface area contributed by atoms with Gasteiger partial charge in [-0.2, -0.15) is 13.5 Å². The van der Waals surface area contributed by atoms with Crippen molar-refractivity contribution in [3.8, 4) is 0 Å². The summed E-state index contributed by atoms with van der Waals surface area (Å²) in [6.45, 7) is -0.928. The number of hydrogen-bond donors (Lipinski definition) is 21. The molecule has 0 bridgehead atoms. The molecule has 4 aromatic rings. The molecular weight excluding hydrogens is 1570 g/mol. The topological polar surface area (TPSA) is 645 Å². The molecule has 2 fully saturated rings. The van der Waals surface area contributed by atoms with Crippen molar-refractivity contribution in [1.29, 1.82) is 0 Å². The summed E-state index contributed by atoms with van der Waals surface area (Å²) >= 11 is 0. The highest BCUT2D eigenvalue weighted by Gasteiger charge is 2.37. The Hall–Kier alpha value is -13.2. The predicted molar refractivity (Wildman–Crippen MR) is 427 cm³/mol. The summed E-state index contributed by atoms with van der Waals surface area (Å²) in [4.78, 5) is 218. The molecule has 13 amide bonds. The number of nitrogens with two attached hydrogens (primary N) is 2. The molecule has 11 atom stereocenters. The van der Waals surface area contributed by atoms with Crippen LogP contribution in [0.25, 0.3) is 0 Å². The van der Waals surface area contributed by atoms with Crippen LogP contribution in [0.2, 0.25) is 0 Å². The highest BCUT2D eigenvalue weighted by atomic mass is 32.2. The van der Waals surface area contributed by atoms with E-state index in [1.165, 1.54) is 36.4 Å². The number of benzene rings is 3. The van der Waals surface area contributed by atoms with E-state index in [2.05, 4.69) is 105 Å². The van der Waals surface area contributed by atoms with Gasteiger partial charge in [-0.05, 0) is 113 Å². The first-order chi connectivity index (χ1) is 56.9. The third kappa shape index (κ3) is 31.1. The number of amides is 13. The van der Waals surface area contributed by atoms with E-state index in [-0.39, 0.29) is 138 Å². The Morgan fingerprint density at radius 1 is 0.504 bits per heavy atom. The molecule has 0 radical (unpaired) electrons. The second-order valence-corrected chi connectivity index (χ2v) is 30.0. The number of carbonyl (C=O) groups is 15. The maximum absolute atomic E-state index is 14.6. The van der Waals surface area contributed by atoms with Crippen LogP contribution in [-0.2, 0) is 90.1 Å². The van der Waals surface area contributed by atoms with Crippen LogP contribution in [0.4, 0.5) is 5.82 Å². The summed E-state index contributed by atoms with van der Waals surface area (Å²) in [7, 11) is -4.62. The van der Waals surface area contributed by atoms with E-state index in [4.69, 9.17) is 11.5 Å². The van der Waals surface area contributed by atoms with Crippen molar-refractivity contribution in [1.82, 2.24) is 84.7 Å². The number of aliphatic imine (C=N–C) groups is 2. The molecule has 4 aliphatic rings. The SMILES string of the molecule is NC1=NCCC(CC[C@@H]2NC(=O)C(CCCCNC(=O)[C@H](CCC(=O)NCCCC[C@@H]3NC(=O)C(Cc4ccccc4)NC(=O)[C@H](CC(=O)O)NC(=O)CNC(=O)[C@H](CCC4CCN=C(N)N4)NC3=O)NC(=O)c3ccc(N/N=C\c4ccccc4S(=O)(=O)O)nc3)NC(=O)[C@@H](Cc3ccccc3)NC(=O)[C@H](CC(=O)O)NC(=O)CNC2=O)N1. The average molecular weight is 1670 g/mol. The van der Waals surface area contributed by atoms with Gasteiger partial charge in [0.25, 0.3) is 16.0 Å². The van der Waals surface area contributed by atoms with Gasteiger partial charge in [-0.1, -0.05) is 78.9 Å². The first kappa shape index (κ1) is 91.3. The van der Waals surface area contributed by atoms with Crippen LogP contribution in [0, 0.1) is 0 Å². The Balaban J connectivity index is 0.972. The number of unbranched alkanes of at least 4 members (excludes halogenated alkanes) is 2. The number of carboxylic acids is 2. The van der Waals surface area contributed by atoms with Gasteiger partial charge in [0, 0.05) is 69.3 Å². The number of guanidine groups is 2. The van der Waals surface area contributed by atoms with Crippen LogP contribution in [0.5, 0.6) is 0 Å². The fourth-order valence-corrected chi connectivity index (χ4v) is 13.8. The highest BCUT2D eigenvalue weighted by molar-refractivity contribution is 7.86. The van der Waals surface area contributed by atoms with Gasteiger partial charge in [0.1, 0.15) is 65.1 Å². The van der Waals surface area contributed by atoms with Crippen molar-refractivity contribution in [3.63, 3.8) is 0 Å². The second kappa shape index (κ2) is 45.9. The van der Waals surface area contributed by atoms with Crippen molar-refractivity contribution in [2.24, 2.45) is 26.6 Å². The molecule has 0 saturated carbocycles. The van der Waals surface area contributed by atoms with Gasteiger partial charge in [-0.3, -0.25) is 91.9 Å². The fourth-order valence-electron chi connectivity index (χ4n) is 13.1. The summed E-state index contributed by atoms with van der Waals surface area (Å²) < 4.78 is 33.6. The van der Waals surface area contributed by atoms with Gasteiger partial charge in [-0.25, -0.2) is 4.98 Å². The zero-order valence-electron chi connectivity index (χ0n) is 64.8. The standard InChI is InChI=1S/C76H100N22O20S/c77-75-81-33-29-47(87-75)22-24-51-67(108)84-41-61(100)89-56(37-63(102)103)73(114)96-54(35-43-13-3-1-4-14-43)71(112)92-49(69(110)94-51)18-9-11-31-79-60(99)28-26-53(91-65(106)46-21-27-59(83-39-46)98-86-40-45-17-7-8-20-58(45)119(116,117)118)66(107)80-32-12-10-19-50-70(111)95-52(25-23-48-30-34-82-76(78)88-48)68(109)85-42-62(101)90-57(38-64(104)105)74(115)97-55(72(113)93-50)36-44-15-5-2-6-16-44/h1-8,13-17,20-21,27,39-40,47-57H,9-12,18-19,22-26,28-38,41-42H2,(H,79,99)(H,80,107)(H,83,98)(H,84,108)(H,85,109)(H,89,100)(H,90,101)(H,91,106)(H,92,112)(H,93,113)(H,94,110)(H,95,111)(H,96,114)(H,97,115)(H,102,103)(H,104,105)(H3,77,81,87)(H3,78,82,88)(H,116,117,118)/b86-40-/t47?,48?,49-,50?,51-,52-,53-,54?,55+,56-,57-/m0/s1. The van der Waals surface area contributed by atoms with Crippen LogP contribution >= 0.6 is 0 Å². The first-order valence-corrected chi connectivity index (χ1v) is 40.1. The third-order valence-electron chi connectivity index (χ3n) is 19.4. The minimum atomic E-state index is -4.62. The smallest absolute Gasteiger partial charge is 0.305 e. The Morgan fingerprint density at radius 2 is 0.941 bits per heavy atom. The lowest BCUT2D eigenvalue weighted by Gasteiger charge is -2.27. The van der Waals surface area contributed by atoms with Crippen LogP contribution in [-0.4, -0.2) is 241 Å². The quantitative estimate of drug-likeness (QED) is 0.00911. The van der Waals surface area contributed by atoms with Gasteiger partial charge >= 0.3 is 11.9 Å². The number of nitrogens with zero attached hydrogens (tertiary/aromatic N) is 4. The van der Waals surface area contributed by atoms with Gasteiger partial charge < -0.3 is 101 Å². The minimum absolute atomic E-state index is 0.0125. The Morgan fingerprint density at radius 3 is 1.39 bits per heavy atom. The maximum Gasteiger partial charge on any atom is 0.305 e. The Kier molecular flexibility index (Phi) is 35.2. The molecule has 119 heavy (non-hydrogen) atoms. The van der Waals surface area contributed by atoms with E-state index < -0.39 is 190 Å². The predicted octanol–water partition coefficient (Wildman–Crippen LogP) is -4.29. The Bertz CT molecular complexity index is 4500. The zero-order valence-corrected chi connectivity index (χ0v) is 65.7. The van der Waals surface area contributed by atoms with Crippen molar-refractivity contribution in [3.05, 3.63) is 126 Å². The average Bonchev–Trinajstić information content (AvgIpc) is 1.56. The summed E-state index contributed by atoms with van der Waals surface area (Å²) in [6, 6.07) is 11.0. The zero-order chi connectivity index (χ0) is 86.0. The number of hydrogen-bond acceptors (Lipinski definition) is 26. The molecule has 3 aromatic carbocycles. The van der Waals surface area contributed by atoms with E-state index in [0.717, 1.165) is 12.4 Å². The maximum atomic E-state index is 14.6. The van der Waals surface area contributed by atoms with E-state index >= 15 is 0 Å². The van der Waals surface area contributed by atoms with Crippen molar-refractivity contribution in [2.75, 3.05) is 44.7 Å². The van der Waals surface area contributed by atoms with Crippen molar-refractivity contribution in [2.45, 2.75) is 187 Å². The number of aliphatic carboxylic acids is 2. The van der Waals surface area contributed by atoms with Gasteiger partial charge in [0.15, 0.2) is 11.9 Å². The number of rotatable bonds is 34. The summed E-state index contributed by atoms with van der Waals surface area (Å²) in [5.41, 5.74) is 15.5. The molecule has 1 aromatic heterocycles. The van der Waals surface area contributed by atoms with E-state index in [1.54, 1.807) is 60.7 Å². The number of nitrogens with one attached hydrogen (secondary N) is 16. The van der Waals surface area contributed by atoms with Crippen molar-refractivity contribution < 1.29 is 95.1 Å². The summed E-state index contributed by atoms with van der Waals surface area (Å²) in [6.07, 6.45) is 0.956. The van der Waals surface area contributed by atoms with Crippen LogP contribution in [0.1, 0.15) is 130 Å². The van der Waals surface area contributed by atoms with Crippen LogP contribution < -0.4 is 96.6 Å². The van der Waals surface area contributed by atoms with Gasteiger partial charge in [0.2, 0.25) is 70.9 Å². The van der Waals surface area contributed by atoms with Gasteiger partial charge in [-0.15, -0.1) is 0 Å². The van der Waals surface area contributed by atoms with E-state index in [1.807, 2.05) is 0 Å². The number of carboxylic acid groups (broad SMARTS) is 2. The molecule has 8 rings (SSSR count). The molecule has 4 aliphatic heterocycles. The third-order valence-corrected chi connectivity index (χ3v) is 20.4. The molecule has 43 heteroatoms. The molecular formula is C76H100N22O20S. The van der Waals surface area contributed by atoms with E-state index in [9.17, 15) is 95.1 Å². The van der Waals surface area contributed by atoms with Gasteiger partial charge in [0.05, 0.1) is 37.7 Å². The lowest BCUT2D eigenvalue weighted by molar-refractivity contribution is -0.141. The lowest BCUT2D eigenvalue weighted by atomic mass is 10.0. The number of aromatic nitrogens is 1. The van der Waals surface area contributed by atoms with E-state index in [0.29, 0.717) is 37.1 Å². The second-order valence-electron chi connectivity index (χ2n) is 28.6. The number of anilines is 1. The summed E-state index contributed by atoms with van der Waals surface area (Å²) in [5, 5.41) is 63.0. The first-order valence-electron chi connectivity index (χ1n) is 38.7. The van der Waals surface area contributed by atoms with Crippen LogP contribution in [0.3, 0.4) is 0 Å².